The third kappa shape index (κ3) is 5.37. The minimum absolute atomic E-state index is 0.0801. The van der Waals surface area contributed by atoms with E-state index in [0.29, 0.717) is 0 Å². The molecule has 1 atom stereocenters. The molecule has 0 rings (SSSR count). The number of nitrogens with one attached hydrogen (secondary N) is 1. The zero-order valence-corrected chi connectivity index (χ0v) is 17.2. The highest BCUT2D eigenvalue weighted by Gasteiger charge is 2.62. The van der Waals surface area contributed by atoms with Crippen LogP contribution in [0.3, 0.4) is 0 Å². The highest BCUT2D eigenvalue weighted by atomic mass is 31.2. The molecular formula is C14H33NO6P2. The number of hydrogen-bond acceptors (Lipinski definition) is 7. The van der Waals surface area contributed by atoms with Crippen molar-refractivity contribution in [2.24, 2.45) is 0 Å². The van der Waals surface area contributed by atoms with Gasteiger partial charge in [-0.1, -0.05) is 6.92 Å². The molecule has 23 heavy (non-hydrogen) atoms. The Labute approximate surface area is 140 Å². The van der Waals surface area contributed by atoms with Crippen LogP contribution in [0.25, 0.3) is 0 Å². The molecule has 0 aliphatic carbocycles. The molecule has 0 fully saturated rings. The molecule has 140 valence electrons. The van der Waals surface area contributed by atoms with Gasteiger partial charge in [0, 0.05) is 6.04 Å². The fraction of sp³-hybridized carbons (Fsp3) is 1.00. The van der Waals surface area contributed by atoms with Crippen molar-refractivity contribution in [1.29, 1.82) is 0 Å². The van der Waals surface area contributed by atoms with Gasteiger partial charge in [-0.3, -0.25) is 14.4 Å². The van der Waals surface area contributed by atoms with Crippen molar-refractivity contribution in [1.82, 2.24) is 5.32 Å². The summed E-state index contributed by atoms with van der Waals surface area (Å²) in [5, 5.41) is 1.55. The van der Waals surface area contributed by atoms with E-state index in [2.05, 4.69) is 5.32 Å². The summed E-state index contributed by atoms with van der Waals surface area (Å²) in [4.78, 5) is 0. The van der Waals surface area contributed by atoms with Gasteiger partial charge in [-0.25, -0.2) is 0 Å². The van der Waals surface area contributed by atoms with Crippen molar-refractivity contribution < 1.29 is 27.2 Å². The van der Waals surface area contributed by atoms with Crippen LogP contribution in [0.4, 0.5) is 0 Å². The molecule has 1 unspecified atom stereocenters. The van der Waals surface area contributed by atoms with E-state index >= 15 is 0 Å². The molecule has 0 radical (unpaired) electrons. The fourth-order valence-corrected chi connectivity index (χ4v) is 7.30. The van der Waals surface area contributed by atoms with Gasteiger partial charge in [0.1, 0.15) is 0 Å². The molecule has 1 N–H and O–H groups in total. The third-order valence-corrected chi connectivity index (χ3v) is 9.65. The van der Waals surface area contributed by atoms with Gasteiger partial charge in [0.25, 0.3) is 0 Å². The van der Waals surface area contributed by atoms with Gasteiger partial charge in [0.2, 0.25) is 5.02 Å². The Morgan fingerprint density at radius 2 is 1.13 bits per heavy atom. The lowest BCUT2D eigenvalue weighted by molar-refractivity contribution is 0.168. The average Bonchev–Trinajstić information content (AvgIpc) is 2.47. The summed E-state index contributed by atoms with van der Waals surface area (Å²) in [6.07, 6.45) is 0.742. The van der Waals surface area contributed by atoms with Gasteiger partial charge >= 0.3 is 15.2 Å². The van der Waals surface area contributed by atoms with Gasteiger partial charge < -0.3 is 18.1 Å². The van der Waals surface area contributed by atoms with Gasteiger partial charge in [-0.05, 0) is 48.0 Å². The van der Waals surface area contributed by atoms with Crippen molar-refractivity contribution in [3.05, 3.63) is 0 Å². The van der Waals surface area contributed by atoms with Crippen LogP contribution in [-0.2, 0) is 27.2 Å². The molecule has 9 heteroatoms. The van der Waals surface area contributed by atoms with E-state index < -0.39 is 20.2 Å². The van der Waals surface area contributed by atoms with E-state index in [9.17, 15) is 9.13 Å². The van der Waals surface area contributed by atoms with E-state index in [0.717, 1.165) is 6.42 Å². The second-order valence-corrected chi connectivity index (χ2v) is 10.3. The van der Waals surface area contributed by atoms with E-state index in [4.69, 9.17) is 18.1 Å². The lowest BCUT2D eigenvalue weighted by atomic mass is 10.3. The van der Waals surface area contributed by atoms with Crippen molar-refractivity contribution in [3.8, 4) is 0 Å². The molecule has 0 bridgehead atoms. The quantitative estimate of drug-likeness (QED) is 0.473. The molecule has 0 spiro atoms. The summed E-state index contributed by atoms with van der Waals surface area (Å²) in [5.74, 6) is 0. The van der Waals surface area contributed by atoms with Crippen LogP contribution in [-0.4, -0.2) is 37.5 Å². The maximum Gasteiger partial charge on any atom is 0.362 e. The van der Waals surface area contributed by atoms with Crippen LogP contribution in [0, 0.1) is 0 Å². The summed E-state index contributed by atoms with van der Waals surface area (Å²) in [5.41, 5.74) is 0. The van der Waals surface area contributed by atoms with E-state index in [1.807, 2.05) is 13.8 Å². The van der Waals surface area contributed by atoms with Gasteiger partial charge in [-0.15, -0.1) is 0 Å². The van der Waals surface area contributed by atoms with Crippen molar-refractivity contribution in [2.45, 2.75) is 65.9 Å². The first-order valence-electron chi connectivity index (χ1n) is 8.26. The van der Waals surface area contributed by atoms with Crippen LogP contribution in [0.1, 0.15) is 54.9 Å². The zero-order valence-electron chi connectivity index (χ0n) is 15.5. The molecule has 0 saturated heterocycles. The second kappa shape index (κ2) is 10.3. The van der Waals surface area contributed by atoms with Crippen LogP contribution in [0.15, 0.2) is 0 Å². The molecule has 0 aromatic heterocycles. The van der Waals surface area contributed by atoms with Crippen molar-refractivity contribution >= 4 is 15.2 Å². The molecule has 0 aromatic rings. The predicted octanol–water partition coefficient (Wildman–Crippen LogP) is 4.58. The Kier molecular flexibility index (Phi) is 10.4. The first-order chi connectivity index (χ1) is 10.7. The Balaban J connectivity index is 6.15. The average molecular weight is 373 g/mol. The minimum atomic E-state index is -3.81. The van der Waals surface area contributed by atoms with Crippen molar-refractivity contribution in [2.75, 3.05) is 26.4 Å². The van der Waals surface area contributed by atoms with E-state index in [-0.39, 0.29) is 32.5 Å². The Bertz CT molecular complexity index is 381. The summed E-state index contributed by atoms with van der Waals surface area (Å²) in [6, 6.07) is -0.0801. The normalized spacial score (nSPS) is 14.9. The summed E-state index contributed by atoms with van der Waals surface area (Å²) in [7, 11) is -7.63. The first kappa shape index (κ1) is 23.3. The largest absolute Gasteiger partial charge is 0.362 e. The second-order valence-electron chi connectivity index (χ2n) is 5.14. The van der Waals surface area contributed by atoms with Crippen LogP contribution in [0.5, 0.6) is 0 Å². The smallest absolute Gasteiger partial charge is 0.307 e. The molecule has 0 heterocycles. The van der Waals surface area contributed by atoms with Crippen LogP contribution < -0.4 is 5.32 Å². The maximum absolute atomic E-state index is 13.4. The summed E-state index contributed by atoms with van der Waals surface area (Å²) in [6.45, 7) is 12.9. The highest BCUT2D eigenvalue weighted by molar-refractivity contribution is 7.74. The molecule has 0 aliphatic rings. The maximum atomic E-state index is 13.4. The van der Waals surface area contributed by atoms with Crippen LogP contribution in [0.2, 0.25) is 0 Å². The van der Waals surface area contributed by atoms with Gasteiger partial charge in [0.05, 0.1) is 26.4 Å². The highest BCUT2D eigenvalue weighted by Crippen LogP contribution is 2.76. The first-order valence-corrected chi connectivity index (χ1v) is 11.3. The fourth-order valence-electron chi connectivity index (χ4n) is 2.13. The standard InChI is InChI=1S/C14H33NO6P2/c1-8-13(6)15-14(7,22(16,18-9-2)19-10-3)23(17,20-11-4)21-12-5/h13,15H,8-12H2,1-7H3. The number of hydrogen-bond donors (Lipinski definition) is 1. The summed E-state index contributed by atoms with van der Waals surface area (Å²) < 4.78 is 48.7. The van der Waals surface area contributed by atoms with E-state index in [1.165, 1.54) is 6.92 Å². The van der Waals surface area contributed by atoms with Crippen molar-refractivity contribution in [3.63, 3.8) is 0 Å². The lowest BCUT2D eigenvalue weighted by Gasteiger charge is -2.41. The molecule has 0 amide bonds. The third-order valence-electron chi connectivity index (χ3n) is 3.39. The Morgan fingerprint density at radius 1 is 0.826 bits per heavy atom. The predicted molar refractivity (Wildman–Crippen MR) is 93.0 cm³/mol. The van der Waals surface area contributed by atoms with Crippen LogP contribution >= 0.6 is 15.2 Å². The van der Waals surface area contributed by atoms with Gasteiger partial charge in [0.15, 0.2) is 0 Å². The Hall–Kier alpha value is 0.260. The topological polar surface area (TPSA) is 83.1 Å². The Morgan fingerprint density at radius 3 is 1.35 bits per heavy atom. The van der Waals surface area contributed by atoms with E-state index in [1.54, 1.807) is 27.7 Å². The van der Waals surface area contributed by atoms with Gasteiger partial charge in [-0.2, -0.15) is 0 Å². The zero-order chi connectivity index (χ0) is 18.1. The molecule has 0 saturated carbocycles. The summed E-state index contributed by atoms with van der Waals surface area (Å²) >= 11 is 0. The molecule has 0 aromatic carbocycles. The minimum Gasteiger partial charge on any atom is -0.307 e. The lowest BCUT2D eigenvalue weighted by Crippen LogP contribution is -2.48. The SMILES string of the molecule is CCOP(=O)(OCC)C(C)(NC(C)CC)P(=O)(OCC)OCC. The molecular weight excluding hydrogens is 340 g/mol. The monoisotopic (exact) mass is 373 g/mol. The number of rotatable bonds is 13. The molecule has 7 nitrogen and oxygen atoms in total. The molecule has 0 aliphatic heterocycles.